The number of anilines is 1. The Kier molecular flexibility index (Phi) is 4.81. The van der Waals surface area contributed by atoms with Crippen molar-refractivity contribution in [2.75, 3.05) is 11.5 Å². The van der Waals surface area contributed by atoms with Crippen molar-refractivity contribution in [3.05, 3.63) is 58.5 Å². The molecule has 0 radical (unpaired) electrons. The predicted molar refractivity (Wildman–Crippen MR) is 98.9 cm³/mol. The van der Waals surface area contributed by atoms with Gasteiger partial charge in [0.2, 0.25) is 0 Å². The second kappa shape index (κ2) is 7.03. The van der Waals surface area contributed by atoms with E-state index in [1.54, 1.807) is 30.3 Å². The van der Waals surface area contributed by atoms with Gasteiger partial charge in [0, 0.05) is 0 Å². The monoisotopic (exact) mass is 355 g/mol. The number of imide groups is 1. The average Bonchev–Trinajstić information content (AvgIpc) is 2.85. The second-order valence-electron chi connectivity index (χ2n) is 5.52. The van der Waals surface area contributed by atoms with Crippen LogP contribution >= 0.6 is 11.8 Å². The van der Waals surface area contributed by atoms with Gasteiger partial charge in [-0.25, -0.2) is 4.90 Å². The Hall–Kier alpha value is -2.73. The Labute approximate surface area is 149 Å². The number of thioether (sulfide) groups is 1. The summed E-state index contributed by atoms with van der Waals surface area (Å²) in [5, 5.41) is 9.43. The van der Waals surface area contributed by atoms with Gasteiger partial charge in [-0.05, 0) is 67.1 Å². The lowest BCUT2D eigenvalue weighted by atomic mass is 10.1. The van der Waals surface area contributed by atoms with Crippen molar-refractivity contribution >= 4 is 34.7 Å². The number of amides is 2. The molecule has 1 heterocycles. The number of phenolic OH excluding ortho intramolecular Hbond substituents is 1. The number of benzene rings is 2. The lowest BCUT2D eigenvalue weighted by molar-refractivity contribution is -0.113. The summed E-state index contributed by atoms with van der Waals surface area (Å²) >= 11 is 0.896. The van der Waals surface area contributed by atoms with Crippen molar-refractivity contribution in [3.63, 3.8) is 0 Å². The summed E-state index contributed by atoms with van der Waals surface area (Å²) in [5.41, 5.74) is 2.21. The molecule has 0 saturated carbocycles. The molecule has 0 aromatic heterocycles. The van der Waals surface area contributed by atoms with Crippen LogP contribution in [0.5, 0.6) is 11.5 Å². The van der Waals surface area contributed by atoms with Gasteiger partial charge in [-0.2, -0.15) is 0 Å². The number of aromatic hydroxyl groups is 1. The molecule has 2 aromatic rings. The summed E-state index contributed by atoms with van der Waals surface area (Å²) in [6, 6.07) is 12.1. The smallest absolute Gasteiger partial charge is 0.298 e. The van der Waals surface area contributed by atoms with Gasteiger partial charge in [0.25, 0.3) is 11.1 Å². The van der Waals surface area contributed by atoms with Crippen molar-refractivity contribution in [3.8, 4) is 11.5 Å². The second-order valence-corrected chi connectivity index (χ2v) is 6.51. The topological polar surface area (TPSA) is 66.8 Å². The molecule has 128 valence electrons. The van der Waals surface area contributed by atoms with E-state index in [0.717, 1.165) is 17.3 Å². The number of aryl methyl sites for hydroxylation is 1. The minimum absolute atomic E-state index is 0.0341. The summed E-state index contributed by atoms with van der Waals surface area (Å²) in [7, 11) is 0. The molecule has 2 amide bonds. The van der Waals surface area contributed by atoms with Crippen LogP contribution in [0, 0.1) is 6.92 Å². The van der Waals surface area contributed by atoms with Gasteiger partial charge in [0.15, 0.2) is 11.5 Å². The van der Waals surface area contributed by atoms with E-state index < -0.39 is 0 Å². The average molecular weight is 355 g/mol. The third kappa shape index (κ3) is 3.53. The molecule has 1 fully saturated rings. The van der Waals surface area contributed by atoms with Crippen LogP contribution in [0.4, 0.5) is 10.5 Å². The maximum Gasteiger partial charge on any atom is 0.298 e. The molecule has 0 spiro atoms. The van der Waals surface area contributed by atoms with Crippen molar-refractivity contribution in [2.24, 2.45) is 0 Å². The number of carbonyl (C=O) groups is 2. The number of hydrogen-bond donors (Lipinski definition) is 1. The first kappa shape index (κ1) is 17.1. The molecule has 2 aromatic carbocycles. The van der Waals surface area contributed by atoms with Gasteiger partial charge >= 0.3 is 0 Å². The van der Waals surface area contributed by atoms with Crippen LogP contribution in [0.15, 0.2) is 47.4 Å². The highest BCUT2D eigenvalue weighted by Crippen LogP contribution is 2.37. The van der Waals surface area contributed by atoms with Crippen LogP contribution in [0.1, 0.15) is 18.1 Å². The molecular weight excluding hydrogens is 338 g/mol. The lowest BCUT2D eigenvalue weighted by Crippen LogP contribution is -2.27. The zero-order valence-corrected chi connectivity index (χ0v) is 14.7. The zero-order valence-electron chi connectivity index (χ0n) is 13.9. The predicted octanol–water partition coefficient (Wildman–Crippen LogP) is 4.34. The van der Waals surface area contributed by atoms with Gasteiger partial charge < -0.3 is 9.84 Å². The Morgan fingerprint density at radius 1 is 1.20 bits per heavy atom. The Morgan fingerprint density at radius 3 is 2.72 bits per heavy atom. The highest BCUT2D eigenvalue weighted by Gasteiger charge is 2.36. The van der Waals surface area contributed by atoms with E-state index in [9.17, 15) is 14.7 Å². The van der Waals surface area contributed by atoms with Crippen LogP contribution in [0.25, 0.3) is 6.08 Å². The van der Waals surface area contributed by atoms with Crippen LogP contribution in [0.3, 0.4) is 0 Å². The normalized spacial score (nSPS) is 15.9. The van der Waals surface area contributed by atoms with Gasteiger partial charge in [0.1, 0.15) is 0 Å². The van der Waals surface area contributed by atoms with Crippen molar-refractivity contribution in [1.29, 1.82) is 0 Å². The SMILES string of the molecule is CCOc1cc(C=C2SC(=O)N(c3cccc(C)c3)C2=O)ccc1O. The summed E-state index contributed by atoms with van der Waals surface area (Å²) < 4.78 is 5.35. The third-order valence-electron chi connectivity index (χ3n) is 3.64. The first-order valence-corrected chi connectivity index (χ1v) is 8.61. The molecule has 0 unspecified atom stereocenters. The Morgan fingerprint density at radius 2 is 2.00 bits per heavy atom. The molecule has 25 heavy (non-hydrogen) atoms. The molecule has 1 N–H and O–H groups in total. The van der Waals surface area contributed by atoms with Crippen molar-refractivity contribution < 1.29 is 19.4 Å². The molecule has 3 rings (SSSR count). The molecule has 0 atom stereocenters. The summed E-state index contributed by atoms with van der Waals surface area (Å²) in [4.78, 5) is 26.4. The summed E-state index contributed by atoms with van der Waals surface area (Å²) in [5.74, 6) is 0.0210. The largest absolute Gasteiger partial charge is 0.504 e. The highest BCUT2D eigenvalue weighted by molar-refractivity contribution is 8.19. The van der Waals surface area contributed by atoms with Crippen molar-refractivity contribution in [1.82, 2.24) is 0 Å². The number of rotatable bonds is 4. The van der Waals surface area contributed by atoms with E-state index in [2.05, 4.69) is 0 Å². The Bertz CT molecular complexity index is 875. The third-order valence-corrected chi connectivity index (χ3v) is 4.50. The first-order valence-electron chi connectivity index (χ1n) is 7.80. The van der Waals surface area contributed by atoms with Crippen LogP contribution in [-0.2, 0) is 4.79 Å². The van der Waals surface area contributed by atoms with Crippen LogP contribution in [-0.4, -0.2) is 22.9 Å². The van der Waals surface area contributed by atoms with Crippen LogP contribution in [0.2, 0.25) is 0 Å². The van der Waals surface area contributed by atoms with Gasteiger partial charge in [0.05, 0.1) is 17.2 Å². The minimum atomic E-state index is -0.355. The van der Waals surface area contributed by atoms with E-state index in [4.69, 9.17) is 4.74 Å². The van der Waals surface area contributed by atoms with Gasteiger partial charge in [-0.1, -0.05) is 18.2 Å². The van der Waals surface area contributed by atoms with E-state index in [-0.39, 0.29) is 16.9 Å². The quantitative estimate of drug-likeness (QED) is 0.827. The summed E-state index contributed by atoms with van der Waals surface area (Å²) in [6.45, 7) is 4.14. The number of phenols is 1. The molecule has 5 nitrogen and oxygen atoms in total. The molecule has 0 bridgehead atoms. The maximum absolute atomic E-state index is 12.6. The molecular formula is C19H17NO4S. The standard InChI is InChI=1S/C19H17NO4S/c1-3-24-16-10-13(7-8-15(16)21)11-17-18(22)20(19(23)25-17)14-6-4-5-12(2)9-14/h4-11,21H,3H2,1-2H3. The van der Waals surface area contributed by atoms with E-state index in [0.29, 0.717) is 28.5 Å². The highest BCUT2D eigenvalue weighted by atomic mass is 32.2. The van der Waals surface area contributed by atoms with Gasteiger partial charge in [-0.3, -0.25) is 9.59 Å². The number of ether oxygens (including phenoxy) is 1. The maximum atomic E-state index is 12.6. The summed E-state index contributed by atoms with van der Waals surface area (Å²) in [6.07, 6.45) is 1.63. The minimum Gasteiger partial charge on any atom is -0.504 e. The Balaban J connectivity index is 1.92. The van der Waals surface area contributed by atoms with E-state index in [1.807, 2.05) is 26.0 Å². The first-order chi connectivity index (χ1) is 12.0. The fourth-order valence-electron chi connectivity index (χ4n) is 2.50. The molecule has 1 aliphatic rings. The zero-order chi connectivity index (χ0) is 18.0. The molecule has 0 aliphatic carbocycles. The fourth-order valence-corrected chi connectivity index (χ4v) is 3.34. The number of nitrogens with zero attached hydrogens (tertiary/aromatic N) is 1. The number of carbonyl (C=O) groups excluding carboxylic acids is 2. The fraction of sp³-hybridized carbons (Fsp3) is 0.158. The molecule has 6 heteroatoms. The van der Waals surface area contributed by atoms with E-state index >= 15 is 0 Å². The van der Waals surface area contributed by atoms with Crippen molar-refractivity contribution in [2.45, 2.75) is 13.8 Å². The number of hydrogen-bond acceptors (Lipinski definition) is 5. The molecule has 1 aliphatic heterocycles. The molecule has 1 saturated heterocycles. The van der Waals surface area contributed by atoms with Gasteiger partial charge in [-0.15, -0.1) is 0 Å². The van der Waals surface area contributed by atoms with E-state index in [1.165, 1.54) is 11.0 Å². The lowest BCUT2D eigenvalue weighted by Gasteiger charge is -2.12. The van der Waals surface area contributed by atoms with Crippen LogP contribution < -0.4 is 9.64 Å².